The first-order valence-corrected chi connectivity index (χ1v) is 8.37. The van der Waals surface area contributed by atoms with Crippen LogP contribution in [0.1, 0.15) is 18.1 Å². The van der Waals surface area contributed by atoms with Crippen LogP contribution in [0.4, 0.5) is 11.4 Å². The Kier molecular flexibility index (Phi) is 3.18. The Bertz CT molecular complexity index is 656. The van der Waals surface area contributed by atoms with E-state index in [1.807, 2.05) is 11.0 Å². The van der Waals surface area contributed by atoms with Crippen LogP contribution in [0.2, 0.25) is 0 Å². The number of carbonyl (C=O) groups is 1. The Morgan fingerprint density at radius 1 is 1.25 bits per heavy atom. The maximum absolute atomic E-state index is 11.6. The number of hydrogen-bond donors (Lipinski definition) is 2. The Balaban J connectivity index is 1.85. The van der Waals surface area contributed by atoms with Gasteiger partial charge in [0.1, 0.15) is 0 Å². The maximum atomic E-state index is 11.6. The largest absolute Gasteiger partial charge is 0.378 e. The van der Waals surface area contributed by atoms with E-state index in [2.05, 4.69) is 5.32 Å². The number of aliphatic hydroxyl groups is 1. The summed E-state index contributed by atoms with van der Waals surface area (Å²) in [5.74, 6) is -0.0428. The molecule has 1 aromatic carbocycles. The summed E-state index contributed by atoms with van der Waals surface area (Å²) < 4.78 is 23.2. The molecule has 0 saturated carbocycles. The number of fused-ring (bicyclic) bond motifs is 1. The van der Waals surface area contributed by atoms with E-state index in [1.54, 1.807) is 12.1 Å². The quantitative estimate of drug-likeness (QED) is 0.778. The molecule has 2 aliphatic heterocycles. The van der Waals surface area contributed by atoms with Gasteiger partial charge in [0.2, 0.25) is 0 Å². The Hall–Kier alpha value is -1.60. The van der Waals surface area contributed by atoms with Gasteiger partial charge >= 0.3 is 0 Å². The van der Waals surface area contributed by atoms with E-state index in [0.29, 0.717) is 30.8 Å². The SMILES string of the molecule is O=C1Nc2cc(N3CCCS(=O)(=O)CC3)ccc2C1O. The van der Waals surface area contributed by atoms with Crippen LogP contribution in [-0.2, 0) is 14.6 Å². The van der Waals surface area contributed by atoms with E-state index in [-0.39, 0.29) is 11.5 Å². The van der Waals surface area contributed by atoms with E-state index in [1.165, 1.54) is 0 Å². The molecular weight excluding hydrogens is 280 g/mol. The summed E-state index contributed by atoms with van der Waals surface area (Å²) in [6.07, 6.45) is -0.502. The number of rotatable bonds is 1. The summed E-state index contributed by atoms with van der Waals surface area (Å²) in [5.41, 5.74) is 2.04. The van der Waals surface area contributed by atoms with Crippen LogP contribution < -0.4 is 10.2 Å². The van der Waals surface area contributed by atoms with Crippen molar-refractivity contribution in [2.75, 3.05) is 34.8 Å². The summed E-state index contributed by atoms with van der Waals surface area (Å²) >= 11 is 0. The zero-order valence-electron chi connectivity index (χ0n) is 10.9. The highest BCUT2D eigenvalue weighted by Gasteiger charge is 2.29. The average molecular weight is 296 g/mol. The molecule has 0 radical (unpaired) electrons. The zero-order valence-corrected chi connectivity index (χ0v) is 11.7. The summed E-state index contributed by atoms with van der Waals surface area (Å²) in [4.78, 5) is 13.4. The smallest absolute Gasteiger partial charge is 0.257 e. The normalized spacial score (nSPS) is 24.9. The molecule has 20 heavy (non-hydrogen) atoms. The molecule has 2 N–H and O–H groups in total. The standard InChI is InChI=1S/C13H16N2O4S/c16-12-10-3-2-9(8-11(10)14-13(12)17)15-4-1-6-20(18,19)7-5-15/h2-3,8,12,16H,1,4-7H2,(H,14,17). The van der Waals surface area contributed by atoms with E-state index in [9.17, 15) is 18.3 Å². The van der Waals surface area contributed by atoms with Gasteiger partial charge in [-0.1, -0.05) is 6.07 Å². The highest BCUT2D eigenvalue weighted by Crippen LogP contribution is 2.34. The minimum absolute atomic E-state index is 0.152. The molecule has 1 atom stereocenters. The predicted octanol–water partition coefficient (Wildman–Crippen LogP) is 0.297. The number of nitrogens with one attached hydrogen (secondary N) is 1. The fourth-order valence-corrected chi connectivity index (χ4v) is 3.90. The highest BCUT2D eigenvalue weighted by molar-refractivity contribution is 7.91. The second kappa shape index (κ2) is 4.75. The molecular formula is C13H16N2O4S. The minimum atomic E-state index is -2.94. The van der Waals surface area contributed by atoms with Gasteiger partial charge in [0.25, 0.3) is 5.91 Å². The van der Waals surface area contributed by atoms with E-state index in [4.69, 9.17) is 0 Å². The number of anilines is 2. The number of benzene rings is 1. The van der Waals surface area contributed by atoms with Gasteiger partial charge in [-0.25, -0.2) is 8.42 Å². The lowest BCUT2D eigenvalue weighted by atomic mass is 10.1. The number of carbonyl (C=O) groups excluding carboxylic acids is 1. The van der Waals surface area contributed by atoms with Crippen molar-refractivity contribution in [1.29, 1.82) is 0 Å². The van der Waals surface area contributed by atoms with Gasteiger partial charge in [-0.2, -0.15) is 0 Å². The molecule has 2 heterocycles. The molecule has 0 bridgehead atoms. The fraction of sp³-hybridized carbons (Fsp3) is 0.462. The van der Waals surface area contributed by atoms with Crippen molar-refractivity contribution in [2.24, 2.45) is 0 Å². The molecule has 6 nitrogen and oxygen atoms in total. The first-order chi connectivity index (χ1) is 9.46. The van der Waals surface area contributed by atoms with Crippen molar-refractivity contribution in [3.63, 3.8) is 0 Å². The third-order valence-corrected chi connectivity index (χ3v) is 5.47. The number of amides is 1. The van der Waals surface area contributed by atoms with Crippen LogP contribution >= 0.6 is 0 Å². The number of aliphatic hydroxyl groups excluding tert-OH is 1. The highest BCUT2D eigenvalue weighted by atomic mass is 32.2. The lowest BCUT2D eigenvalue weighted by molar-refractivity contribution is -0.123. The van der Waals surface area contributed by atoms with Gasteiger partial charge < -0.3 is 15.3 Å². The minimum Gasteiger partial charge on any atom is -0.378 e. The van der Waals surface area contributed by atoms with Crippen LogP contribution in [0.5, 0.6) is 0 Å². The molecule has 1 aromatic rings. The first kappa shape index (κ1) is 13.4. The Labute approximate surface area is 117 Å². The van der Waals surface area contributed by atoms with Crippen LogP contribution in [0.15, 0.2) is 18.2 Å². The van der Waals surface area contributed by atoms with Crippen LogP contribution in [0.25, 0.3) is 0 Å². The summed E-state index contributed by atoms with van der Waals surface area (Å²) in [5, 5.41) is 12.3. The monoisotopic (exact) mass is 296 g/mol. The van der Waals surface area contributed by atoms with Crippen LogP contribution in [-0.4, -0.2) is 44.0 Å². The Morgan fingerprint density at radius 2 is 2.05 bits per heavy atom. The van der Waals surface area contributed by atoms with Crippen molar-refractivity contribution in [3.8, 4) is 0 Å². The summed E-state index contributed by atoms with van der Waals surface area (Å²) in [6, 6.07) is 5.33. The van der Waals surface area contributed by atoms with Crippen molar-refractivity contribution in [1.82, 2.24) is 0 Å². The van der Waals surface area contributed by atoms with Crippen molar-refractivity contribution in [3.05, 3.63) is 23.8 Å². The fourth-order valence-electron chi connectivity index (χ4n) is 2.63. The molecule has 0 aliphatic carbocycles. The second-order valence-electron chi connectivity index (χ2n) is 5.16. The number of nitrogens with zero attached hydrogens (tertiary/aromatic N) is 1. The third-order valence-electron chi connectivity index (χ3n) is 3.76. The molecule has 1 unspecified atom stereocenters. The zero-order chi connectivity index (χ0) is 14.3. The predicted molar refractivity (Wildman–Crippen MR) is 75.5 cm³/mol. The topological polar surface area (TPSA) is 86.7 Å². The number of sulfone groups is 1. The van der Waals surface area contributed by atoms with E-state index in [0.717, 1.165) is 5.69 Å². The molecule has 1 fully saturated rings. The molecule has 3 rings (SSSR count). The van der Waals surface area contributed by atoms with Crippen LogP contribution in [0.3, 0.4) is 0 Å². The van der Waals surface area contributed by atoms with Gasteiger partial charge in [0.05, 0.1) is 11.5 Å². The Morgan fingerprint density at radius 3 is 2.85 bits per heavy atom. The molecule has 108 valence electrons. The molecule has 1 saturated heterocycles. The van der Waals surface area contributed by atoms with E-state index < -0.39 is 21.8 Å². The van der Waals surface area contributed by atoms with Gasteiger partial charge in [0.15, 0.2) is 15.9 Å². The molecule has 0 aromatic heterocycles. The van der Waals surface area contributed by atoms with Gasteiger partial charge in [-0.05, 0) is 18.6 Å². The molecule has 2 aliphatic rings. The lowest BCUT2D eigenvalue weighted by Gasteiger charge is -2.22. The first-order valence-electron chi connectivity index (χ1n) is 6.54. The maximum Gasteiger partial charge on any atom is 0.257 e. The van der Waals surface area contributed by atoms with E-state index >= 15 is 0 Å². The third kappa shape index (κ3) is 2.38. The van der Waals surface area contributed by atoms with Crippen molar-refractivity contribution < 1.29 is 18.3 Å². The van der Waals surface area contributed by atoms with Crippen molar-refractivity contribution in [2.45, 2.75) is 12.5 Å². The summed E-state index contributed by atoms with van der Waals surface area (Å²) in [7, 11) is -2.94. The second-order valence-corrected chi connectivity index (χ2v) is 7.46. The summed E-state index contributed by atoms with van der Waals surface area (Å²) in [6.45, 7) is 1.13. The molecule has 7 heteroatoms. The van der Waals surface area contributed by atoms with Gasteiger partial charge in [0, 0.05) is 30.0 Å². The average Bonchev–Trinajstić information content (AvgIpc) is 2.57. The van der Waals surface area contributed by atoms with Crippen molar-refractivity contribution >= 4 is 27.1 Å². The lowest BCUT2D eigenvalue weighted by Crippen LogP contribution is -2.26. The van der Waals surface area contributed by atoms with Gasteiger partial charge in [-0.3, -0.25) is 4.79 Å². The number of hydrogen-bond acceptors (Lipinski definition) is 5. The molecule has 1 amide bonds. The molecule has 0 spiro atoms. The van der Waals surface area contributed by atoms with Gasteiger partial charge in [-0.15, -0.1) is 0 Å². The van der Waals surface area contributed by atoms with Crippen LogP contribution in [0, 0.1) is 0 Å².